The van der Waals surface area contributed by atoms with Crippen LogP contribution in [-0.2, 0) is 19.1 Å². The molecular formula is C18H17ClN2O5S. The maximum Gasteiger partial charge on any atom is 0.344 e. The number of amides is 2. The number of para-hydroxylation sites is 2. The number of esters is 1. The number of carbonyl (C=O) groups excluding carboxylic acids is 3. The second kappa shape index (κ2) is 10.4. The molecule has 0 unspecified atom stereocenters. The van der Waals surface area contributed by atoms with Gasteiger partial charge in [0, 0.05) is 4.90 Å². The molecule has 2 aromatic carbocycles. The minimum absolute atomic E-state index is 0.0846. The molecule has 0 heterocycles. The van der Waals surface area contributed by atoms with Gasteiger partial charge in [0.05, 0.1) is 16.5 Å². The number of anilines is 1. The highest BCUT2D eigenvalue weighted by atomic mass is 35.5. The third-order valence-electron chi connectivity index (χ3n) is 3.08. The fourth-order valence-corrected chi connectivity index (χ4v) is 2.85. The first kappa shape index (κ1) is 20.6. The Morgan fingerprint density at radius 1 is 1.04 bits per heavy atom. The lowest BCUT2D eigenvalue weighted by molar-refractivity contribution is -0.149. The third kappa shape index (κ3) is 7.20. The maximum absolute atomic E-state index is 12.0. The van der Waals surface area contributed by atoms with E-state index in [4.69, 9.17) is 26.8 Å². The van der Waals surface area contributed by atoms with Crippen molar-refractivity contribution in [3.8, 4) is 5.75 Å². The van der Waals surface area contributed by atoms with Crippen molar-refractivity contribution in [2.75, 3.05) is 24.3 Å². The molecular weight excluding hydrogens is 392 g/mol. The van der Waals surface area contributed by atoms with Crippen LogP contribution in [0, 0.1) is 0 Å². The number of carbonyl (C=O) groups is 3. The lowest BCUT2D eigenvalue weighted by Gasteiger charge is -2.11. The van der Waals surface area contributed by atoms with Crippen LogP contribution in [0.1, 0.15) is 0 Å². The van der Waals surface area contributed by atoms with Crippen LogP contribution in [0.3, 0.4) is 0 Å². The van der Waals surface area contributed by atoms with Gasteiger partial charge in [0.25, 0.3) is 5.91 Å². The molecule has 0 spiro atoms. The van der Waals surface area contributed by atoms with Crippen LogP contribution in [0.4, 0.5) is 5.69 Å². The van der Waals surface area contributed by atoms with Crippen LogP contribution >= 0.6 is 23.4 Å². The Labute approximate surface area is 165 Å². The molecule has 0 aliphatic carbocycles. The van der Waals surface area contributed by atoms with E-state index in [-0.39, 0.29) is 12.4 Å². The van der Waals surface area contributed by atoms with Crippen molar-refractivity contribution in [2.24, 2.45) is 5.73 Å². The molecule has 2 aromatic rings. The number of hydrogen-bond acceptors (Lipinski definition) is 6. The Bertz CT molecular complexity index is 831. The average Bonchev–Trinajstić information content (AvgIpc) is 2.65. The molecule has 9 heteroatoms. The van der Waals surface area contributed by atoms with Crippen molar-refractivity contribution in [1.29, 1.82) is 0 Å². The first-order valence-electron chi connectivity index (χ1n) is 7.78. The van der Waals surface area contributed by atoms with Crippen LogP contribution in [0.15, 0.2) is 53.4 Å². The number of nitrogens with two attached hydrogens (primary N) is 1. The highest BCUT2D eigenvalue weighted by Gasteiger charge is 2.12. The molecule has 0 atom stereocenters. The number of rotatable bonds is 9. The van der Waals surface area contributed by atoms with E-state index >= 15 is 0 Å². The Balaban J connectivity index is 1.80. The number of ether oxygens (including phenoxy) is 2. The second-order valence-corrected chi connectivity index (χ2v) is 6.60. The molecule has 0 bridgehead atoms. The molecule has 0 aliphatic rings. The van der Waals surface area contributed by atoms with Crippen LogP contribution in [0.5, 0.6) is 5.75 Å². The lowest BCUT2D eigenvalue weighted by atomic mass is 10.3. The standard InChI is InChI=1S/C18H17ClN2O5S/c19-12-5-1-3-7-14(12)25-10-18(24)26-9-17(23)21-13-6-2-4-8-15(13)27-11-16(20)22/h1-8H,9-11H2,(H2,20,22)(H,21,23). The summed E-state index contributed by atoms with van der Waals surface area (Å²) in [5, 5.41) is 2.99. The molecule has 0 aromatic heterocycles. The summed E-state index contributed by atoms with van der Waals surface area (Å²) in [7, 11) is 0. The minimum Gasteiger partial charge on any atom is -0.480 e. The van der Waals surface area contributed by atoms with Gasteiger partial charge in [-0.25, -0.2) is 4.79 Å². The van der Waals surface area contributed by atoms with E-state index in [0.29, 0.717) is 21.4 Å². The predicted octanol–water partition coefficient (Wildman–Crippen LogP) is 2.48. The molecule has 3 N–H and O–H groups in total. The summed E-state index contributed by atoms with van der Waals surface area (Å²) < 4.78 is 10.1. The van der Waals surface area contributed by atoms with E-state index in [0.717, 1.165) is 0 Å². The zero-order chi connectivity index (χ0) is 19.6. The fraction of sp³-hybridized carbons (Fsp3) is 0.167. The molecule has 0 fully saturated rings. The number of nitrogens with one attached hydrogen (secondary N) is 1. The Morgan fingerprint density at radius 2 is 1.74 bits per heavy atom. The first-order chi connectivity index (χ1) is 13.0. The number of hydrogen-bond donors (Lipinski definition) is 2. The second-order valence-electron chi connectivity index (χ2n) is 5.18. The van der Waals surface area contributed by atoms with Crippen molar-refractivity contribution < 1.29 is 23.9 Å². The summed E-state index contributed by atoms with van der Waals surface area (Å²) in [6.45, 7) is -0.846. The van der Waals surface area contributed by atoms with Crippen LogP contribution in [0.25, 0.3) is 0 Å². The lowest BCUT2D eigenvalue weighted by Crippen LogP contribution is -2.24. The van der Waals surface area contributed by atoms with Crippen molar-refractivity contribution in [3.63, 3.8) is 0 Å². The van der Waals surface area contributed by atoms with Gasteiger partial charge in [0.1, 0.15) is 5.75 Å². The van der Waals surface area contributed by atoms with Crippen LogP contribution in [-0.4, -0.2) is 36.8 Å². The topological polar surface area (TPSA) is 108 Å². The zero-order valence-corrected chi connectivity index (χ0v) is 15.7. The highest BCUT2D eigenvalue weighted by molar-refractivity contribution is 8.00. The van der Waals surface area contributed by atoms with Gasteiger partial charge in [-0.2, -0.15) is 0 Å². The molecule has 0 aliphatic heterocycles. The summed E-state index contributed by atoms with van der Waals surface area (Å²) in [4.78, 5) is 35.3. The van der Waals surface area contributed by atoms with Crippen LogP contribution in [0.2, 0.25) is 5.02 Å². The molecule has 2 rings (SSSR count). The van der Waals surface area contributed by atoms with E-state index in [9.17, 15) is 14.4 Å². The maximum atomic E-state index is 12.0. The van der Waals surface area contributed by atoms with Gasteiger partial charge in [-0.3, -0.25) is 9.59 Å². The van der Waals surface area contributed by atoms with Crippen LogP contribution < -0.4 is 15.8 Å². The van der Waals surface area contributed by atoms with Gasteiger partial charge in [-0.1, -0.05) is 35.9 Å². The molecule has 27 heavy (non-hydrogen) atoms. The smallest absolute Gasteiger partial charge is 0.344 e. The van der Waals surface area contributed by atoms with E-state index in [2.05, 4.69) is 5.32 Å². The molecule has 0 saturated heterocycles. The zero-order valence-electron chi connectivity index (χ0n) is 14.1. The molecule has 7 nitrogen and oxygen atoms in total. The quantitative estimate of drug-likeness (QED) is 0.487. The van der Waals surface area contributed by atoms with Crippen molar-refractivity contribution in [2.45, 2.75) is 4.90 Å². The van der Waals surface area contributed by atoms with E-state index in [1.54, 1.807) is 48.5 Å². The summed E-state index contributed by atoms with van der Waals surface area (Å²) >= 11 is 7.11. The van der Waals surface area contributed by atoms with E-state index in [1.165, 1.54) is 11.8 Å². The Hall–Kier alpha value is -2.71. The summed E-state index contributed by atoms with van der Waals surface area (Å²) in [6.07, 6.45) is 0. The third-order valence-corrected chi connectivity index (χ3v) is 4.49. The summed E-state index contributed by atoms with van der Waals surface area (Å²) in [6, 6.07) is 13.6. The number of halogens is 1. The van der Waals surface area contributed by atoms with Crippen molar-refractivity contribution >= 4 is 46.8 Å². The number of thioether (sulfide) groups is 1. The Kier molecular flexibility index (Phi) is 7.97. The van der Waals surface area contributed by atoms with Gasteiger partial charge < -0.3 is 20.5 Å². The van der Waals surface area contributed by atoms with E-state index in [1.807, 2.05) is 0 Å². The van der Waals surface area contributed by atoms with Crippen molar-refractivity contribution in [3.05, 3.63) is 53.6 Å². The largest absolute Gasteiger partial charge is 0.480 e. The Morgan fingerprint density at radius 3 is 2.48 bits per heavy atom. The highest BCUT2D eigenvalue weighted by Crippen LogP contribution is 2.26. The van der Waals surface area contributed by atoms with Gasteiger partial charge >= 0.3 is 5.97 Å². The van der Waals surface area contributed by atoms with E-state index < -0.39 is 24.4 Å². The average molecular weight is 409 g/mol. The van der Waals surface area contributed by atoms with Gasteiger partial charge in [-0.15, -0.1) is 11.8 Å². The molecule has 2 amide bonds. The van der Waals surface area contributed by atoms with Crippen molar-refractivity contribution in [1.82, 2.24) is 0 Å². The van der Waals surface area contributed by atoms with Gasteiger partial charge in [0.2, 0.25) is 5.91 Å². The molecule has 142 valence electrons. The minimum atomic E-state index is -0.707. The normalized spacial score (nSPS) is 10.1. The molecule has 0 radical (unpaired) electrons. The SMILES string of the molecule is NC(=O)CSc1ccccc1NC(=O)COC(=O)COc1ccccc1Cl. The fourth-order valence-electron chi connectivity index (χ4n) is 1.92. The van der Waals surface area contributed by atoms with Gasteiger partial charge in [0.15, 0.2) is 13.2 Å². The predicted molar refractivity (Wildman–Crippen MR) is 103 cm³/mol. The molecule has 0 saturated carbocycles. The monoisotopic (exact) mass is 408 g/mol. The van der Waals surface area contributed by atoms with Gasteiger partial charge in [-0.05, 0) is 24.3 Å². The number of primary amides is 1. The summed E-state index contributed by atoms with van der Waals surface area (Å²) in [5.74, 6) is -1.26. The first-order valence-corrected chi connectivity index (χ1v) is 9.15. The summed E-state index contributed by atoms with van der Waals surface area (Å²) in [5.41, 5.74) is 5.63. The number of benzene rings is 2.